The first kappa shape index (κ1) is 28.3. The van der Waals surface area contributed by atoms with E-state index >= 15 is 0 Å². The Morgan fingerprint density at radius 2 is 1.86 bits per heavy atom. The first-order valence-corrected chi connectivity index (χ1v) is 13.5. The van der Waals surface area contributed by atoms with Gasteiger partial charge in [-0.05, 0) is 85.1 Å². The lowest BCUT2D eigenvalue weighted by molar-refractivity contribution is -0.111. The van der Waals surface area contributed by atoms with Gasteiger partial charge < -0.3 is 25.4 Å². The quantitative estimate of drug-likeness (QED) is 0.194. The van der Waals surface area contributed by atoms with Crippen LogP contribution in [-0.2, 0) is 16.1 Å². The molecule has 3 N–H and O–H groups in total. The van der Waals surface area contributed by atoms with Crippen molar-refractivity contribution in [1.29, 1.82) is 0 Å². The topological polar surface area (TPSA) is 114 Å². The fourth-order valence-corrected chi connectivity index (χ4v) is 4.35. The third-order valence-corrected chi connectivity index (χ3v) is 6.39. The number of aromatic nitrogens is 2. The Balaban J connectivity index is 1.42. The van der Waals surface area contributed by atoms with Crippen LogP contribution in [-0.4, -0.2) is 35.0 Å². The Bertz CT molecular complexity index is 1630. The van der Waals surface area contributed by atoms with Crippen molar-refractivity contribution in [2.75, 3.05) is 29.2 Å². The van der Waals surface area contributed by atoms with Gasteiger partial charge in [0.2, 0.25) is 11.9 Å². The molecule has 0 saturated carbocycles. The maximum Gasteiger partial charge on any atom is 0.255 e. The second kappa shape index (κ2) is 13.4. The van der Waals surface area contributed by atoms with E-state index in [4.69, 9.17) is 14.5 Å². The van der Waals surface area contributed by atoms with Crippen molar-refractivity contribution in [3.8, 4) is 17.0 Å². The van der Waals surface area contributed by atoms with Crippen LogP contribution in [0.3, 0.4) is 0 Å². The van der Waals surface area contributed by atoms with Gasteiger partial charge in [0.05, 0.1) is 25.5 Å². The second-order valence-electron chi connectivity index (χ2n) is 9.65. The number of benzene rings is 3. The maximum atomic E-state index is 13.1. The van der Waals surface area contributed by atoms with Crippen LogP contribution in [0.25, 0.3) is 11.3 Å². The second-order valence-corrected chi connectivity index (χ2v) is 9.65. The highest BCUT2D eigenvalue weighted by Crippen LogP contribution is 2.28. The highest BCUT2D eigenvalue weighted by atomic mass is 16.5. The van der Waals surface area contributed by atoms with E-state index in [0.717, 1.165) is 34.6 Å². The number of hydrogen-bond donors (Lipinski definition) is 3. The summed E-state index contributed by atoms with van der Waals surface area (Å²) < 4.78 is 11.8. The van der Waals surface area contributed by atoms with Gasteiger partial charge in [-0.3, -0.25) is 9.59 Å². The summed E-state index contributed by atoms with van der Waals surface area (Å²) in [6.45, 7) is 6.73. The Hall–Kier alpha value is -5.28. The molecule has 0 radical (unpaired) electrons. The highest BCUT2D eigenvalue weighted by Gasteiger charge is 2.12. The van der Waals surface area contributed by atoms with Crippen molar-refractivity contribution >= 4 is 34.8 Å². The molecule has 0 atom stereocenters. The smallest absolute Gasteiger partial charge is 0.255 e. The molecule has 2 amide bonds. The summed E-state index contributed by atoms with van der Waals surface area (Å²) in [5.41, 5.74) is 5.78. The zero-order chi connectivity index (χ0) is 29.3. The molecule has 0 aliphatic carbocycles. The average Bonchev–Trinajstić information content (AvgIpc) is 2.99. The van der Waals surface area contributed by atoms with Gasteiger partial charge in [0.15, 0.2) is 0 Å². The number of rotatable bonds is 4. The van der Waals surface area contributed by atoms with Gasteiger partial charge in [-0.25, -0.2) is 9.97 Å². The molecule has 3 aromatic carbocycles. The molecule has 5 rings (SSSR count). The third-order valence-electron chi connectivity index (χ3n) is 6.39. The summed E-state index contributed by atoms with van der Waals surface area (Å²) in [5, 5.41) is 8.91. The Morgan fingerprint density at radius 1 is 1.00 bits per heavy atom. The van der Waals surface area contributed by atoms with E-state index in [0.29, 0.717) is 48.4 Å². The number of carbonyl (C=O) groups excluding carboxylic acids is 2. The van der Waals surface area contributed by atoms with E-state index < -0.39 is 0 Å². The van der Waals surface area contributed by atoms with E-state index in [1.54, 1.807) is 30.5 Å². The molecule has 212 valence electrons. The fourth-order valence-electron chi connectivity index (χ4n) is 4.35. The van der Waals surface area contributed by atoms with Crippen LogP contribution >= 0.6 is 0 Å². The van der Waals surface area contributed by atoms with Crippen molar-refractivity contribution in [3.05, 3.63) is 114 Å². The van der Waals surface area contributed by atoms with Crippen LogP contribution in [0.1, 0.15) is 27.9 Å². The van der Waals surface area contributed by atoms with Gasteiger partial charge in [-0.2, -0.15) is 0 Å². The Morgan fingerprint density at radius 3 is 2.69 bits per heavy atom. The molecule has 4 aromatic rings. The number of anilines is 4. The summed E-state index contributed by atoms with van der Waals surface area (Å²) in [7, 11) is 0. The monoisotopic (exact) mass is 561 g/mol. The molecule has 0 spiro atoms. The SMILES string of the molecule is C=CC(=O)Nc1ccc(C(=O)Nc2cc3cc(c2)Nc2ncc(C)c(n2)-c2cccc(c2)OCC/C=C/COC3)cc1. The first-order chi connectivity index (χ1) is 20.5. The lowest BCUT2D eigenvalue weighted by Gasteiger charge is -2.14. The van der Waals surface area contributed by atoms with Gasteiger partial charge in [0, 0.05) is 34.4 Å². The van der Waals surface area contributed by atoms with Crippen molar-refractivity contribution in [1.82, 2.24) is 9.97 Å². The molecule has 2 heterocycles. The molecule has 0 fully saturated rings. The molecule has 6 bridgehead atoms. The van der Waals surface area contributed by atoms with E-state index in [9.17, 15) is 9.59 Å². The van der Waals surface area contributed by atoms with Crippen LogP contribution in [0, 0.1) is 6.92 Å². The van der Waals surface area contributed by atoms with Crippen LogP contribution in [0.15, 0.2) is 97.7 Å². The van der Waals surface area contributed by atoms with Gasteiger partial charge in [-0.1, -0.05) is 30.9 Å². The number of nitrogens with zero attached hydrogens (tertiary/aromatic N) is 2. The minimum Gasteiger partial charge on any atom is -0.493 e. The van der Waals surface area contributed by atoms with Crippen LogP contribution in [0.5, 0.6) is 5.75 Å². The number of carbonyl (C=O) groups is 2. The predicted octanol–water partition coefficient (Wildman–Crippen LogP) is 6.43. The largest absolute Gasteiger partial charge is 0.493 e. The summed E-state index contributed by atoms with van der Waals surface area (Å²) in [6, 6.07) is 20.1. The summed E-state index contributed by atoms with van der Waals surface area (Å²) >= 11 is 0. The number of aryl methyl sites for hydroxylation is 1. The fraction of sp³-hybridized carbons (Fsp3) is 0.152. The lowest BCUT2D eigenvalue weighted by Crippen LogP contribution is -2.13. The molecular formula is C33H31N5O4. The van der Waals surface area contributed by atoms with Crippen molar-refractivity contribution in [2.45, 2.75) is 20.0 Å². The minimum absolute atomic E-state index is 0.297. The Labute approximate surface area is 244 Å². The van der Waals surface area contributed by atoms with E-state index in [1.165, 1.54) is 6.08 Å². The number of fused-ring (bicyclic) bond motifs is 7. The first-order valence-electron chi connectivity index (χ1n) is 13.5. The number of nitrogens with one attached hydrogen (secondary N) is 3. The maximum absolute atomic E-state index is 13.1. The van der Waals surface area contributed by atoms with Gasteiger partial charge in [-0.15, -0.1) is 0 Å². The van der Waals surface area contributed by atoms with Crippen LogP contribution in [0.4, 0.5) is 23.0 Å². The predicted molar refractivity (Wildman–Crippen MR) is 164 cm³/mol. The molecule has 0 saturated heterocycles. The molecule has 9 heteroatoms. The molecular weight excluding hydrogens is 530 g/mol. The zero-order valence-electron chi connectivity index (χ0n) is 23.2. The zero-order valence-corrected chi connectivity index (χ0v) is 23.2. The number of hydrogen-bond acceptors (Lipinski definition) is 7. The molecule has 9 nitrogen and oxygen atoms in total. The van der Waals surface area contributed by atoms with Gasteiger partial charge in [0.1, 0.15) is 5.75 Å². The lowest BCUT2D eigenvalue weighted by atomic mass is 10.1. The molecule has 42 heavy (non-hydrogen) atoms. The van der Waals surface area contributed by atoms with E-state index in [-0.39, 0.29) is 11.8 Å². The normalized spacial score (nSPS) is 13.7. The molecule has 1 aliphatic heterocycles. The van der Waals surface area contributed by atoms with Crippen molar-refractivity contribution in [3.63, 3.8) is 0 Å². The van der Waals surface area contributed by atoms with Gasteiger partial charge in [0.25, 0.3) is 5.91 Å². The van der Waals surface area contributed by atoms with Crippen LogP contribution < -0.4 is 20.7 Å². The Kier molecular flexibility index (Phi) is 9.00. The van der Waals surface area contributed by atoms with Gasteiger partial charge >= 0.3 is 0 Å². The third kappa shape index (κ3) is 7.47. The van der Waals surface area contributed by atoms with E-state index in [2.05, 4.69) is 27.5 Å². The van der Waals surface area contributed by atoms with Crippen molar-refractivity contribution < 1.29 is 19.1 Å². The minimum atomic E-state index is -0.322. The summed E-state index contributed by atoms with van der Waals surface area (Å²) in [6.07, 6.45) is 7.72. The summed E-state index contributed by atoms with van der Waals surface area (Å²) in [5.74, 6) is 0.569. The van der Waals surface area contributed by atoms with Crippen LogP contribution in [0.2, 0.25) is 0 Å². The number of amides is 2. The molecule has 1 aliphatic rings. The van der Waals surface area contributed by atoms with Crippen molar-refractivity contribution in [2.24, 2.45) is 0 Å². The molecule has 1 aromatic heterocycles. The highest BCUT2D eigenvalue weighted by molar-refractivity contribution is 6.05. The standard InChI is InChI=1S/C33H31N5O4/c1-3-30(39)35-26-12-10-24(11-13-26)32(40)36-27-16-23-17-28(19-27)37-33-34-20-22(2)31(38-33)25-8-7-9-29(18-25)42-15-6-4-5-14-41-21-23/h3-5,7-13,16-20H,1,6,14-15,21H2,2H3,(H,35,39)(H,36,40)(H,34,37,38)/b5-4+. The number of ether oxygens (including phenoxy) is 2. The average molecular weight is 562 g/mol. The summed E-state index contributed by atoms with van der Waals surface area (Å²) in [4.78, 5) is 33.9. The molecule has 0 unspecified atom stereocenters. The van der Waals surface area contributed by atoms with E-state index in [1.807, 2.05) is 61.5 Å².